The van der Waals surface area contributed by atoms with Gasteiger partial charge in [0.15, 0.2) is 5.76 Å². The number of hydrogen-bond acceptors (Lipinski definition) is 6. The second-order valence-electron chi connectivity index (χ2n) is 5.50. The molecule has 1 unspecified atom stereocenters. The maximum atomic E-state index is 11.1. The summed E-state index contributed by atoms with van der Waals surface area (Å²) < 4.78 is 5.86. The third kappa shape index (κ3) is 3.77. The van der Waals surface area contributed by atoms with E-state index in [0.29, 0.717) is 28.1 Å². The lowest BCUT2D eigenvalue weighted by atomic mass is 10.1. The normalized spacial score (nSPS) is 12.0. The Balaban J connectivity index is 2.07. The summed E-state index contributed by atoms with van der Waals surface area (Å²) in [7, 11) is 0. The van der Waals surface area contributed by atoms with Gasteiger partial charge in [0, 0.05) is 22.5 Å². The second kappa shape index (κ2) is 6.90. The number of carboxylic acids is 1. The minimum Gasteiger partial charge on any atom is -0.480 e. The maximum Gasteiger partial charge on any atom is 0.316 e. The molecule has 7 heteroatoms. The SMILES string of the molecule is CC(Sc1nc(-c2ccc(N)cc2)c(-c2ccc(N)cc2)o1)C(=O)O. The number of rotatable bonds is 5. The number of aromatic nitrogens is 1. The fourth-order valence-electron chi connectivity index (χ4n) is 2.22. The topological polar surface area (TPSA) is 115 Å². The second-order valence-corrected chi connectivity index (χ2v) is 6.79. The Hall–Kier alpha value is -2.93. The first kappa shape index (κ1) is 16.9. The summed E-state index contributed by atoms with van der Waals surface area (Å²) in [6.07, 6.45) is 0. The molecule has 128 valence electrons. The molecular formula is C18H17N3O3S. The summed E-state index contributed by atoms with van der Waals surface area (Å²) in [5, 5.41) is 8.73. The van der Waals surface area contributed by atoms with Gasteiger partial charge in [-0.3, -0.25) is 4.79 Å². The van der Waals surface area contributed by atoms with Crippen molar-refractivity contribution in [2.45, 2.75) is 17.4 Å². The van der Waals surface area contributed by atoms with E-state index in [1.54, 1.807) is 31.2 Å². The van der Waals surface area contributed by atoms with Crippen LogP contribution in [0.1, 0.15) is 6.92 Å². The van der Waals surface area contributed by atoms with Crippen LogP contribution in [0.3, 0.4) is 0 Å². The lowest BCUT2D eigenvalue weighted by molar-refractivity contribution is -0.136. The molecule has 0 spiro atoms. The molecule has 1 aromatic heterocycles. The summed E-state index contributed by atoms with van der Waals surface area (Å²) in [5.74, 6) is -0.365. The van der Waals surface area contributed by atoms with E-state index in [-0.39, 0.29) is 0 Å². The standard InChI is InChI=1S/C18H17N3O3S/c1-10(17(22)23)25-18-21-15(11-2-6-13(19)7-3-11)16(24-18)12-4-8-14(20)9-5-12/h2-10H,19-20H2,1H3,(H,22,23). The third-order valence-electron chi connectivity index (χ3n) is 3.59. The lowest BCUT2D eigenvalue weighted by Crippen LogP contribution is -2.10. The van der Waals surface area contributed by atoms with Crippen molar-refractivity contribution in [3.05, 3.63) is 48.5 Å². The third-order valence-corrected chi connectivity index (χ3v) is 4.52. The molecule has 0 bridgehead atoms. The van der Waals surface area contributed by atoms with Crippen molar-refractivity contribution >= 4 is 29.1 Å². The van der Waals surface area contributed by atoms with Crippen LogP contribution >= 0.6 is 11.8 Å². The molecule has 0 saturated carbocycles. The number of nitrogens with zero attached hydrogens (tertiary/aromatic N) is 1. The van der Waals surface area contributed by atoms with Crippen LogP contribution in [0.2, 0.25) is 0 Å². The van der Waals surface area contributed by atoms with E-state index < -0.39 is 11.2 Å². The first-order chi connectivity index (χ1) is 11.9. The summed E-state index contributed by atoms with van der Waals surface area (Å²) in [5.41, 5.74) is 15.1. The highest BCUT2D eigenvalue weighted by molar-refractivity contribution is 8.00. The summed E-state index contributed by atoms with van der Waals surface area (Å²) >= 11 is 1.06. The lowest BCUT2D eigenvalue weighted by Gasteiger charge is -2.02. The Labute approximate surface area is 148 Å². The summed E-state index contributed by atoms with van der Waals surface area (Å²) in [6, 6.07) is 14.5. The van der Waals surface area contributed by atoms with Crippen molar-refractivity contribution in [3.8, 4) is 22.6 Å². The average molecular weight is 355 g/mol. The number of hydrogen-bond donors (Lipinski definition) is 3. The number of carbonyl (C=O) groups is 1. The van der Waals surface area contributed by atoms with E-state index in [0.717, 1.165) is 22.9 Å². The Kier molecular flexibility index (Phi) is 4.67. The Morgan fingerprint density at radius 1 is 1.04 bits per heavy atom. The van der Waals surface area contributed by atoms with E-state index in [1.807, 2.05) is 24.3 Å². The minimum absolute atomic E-state index is 0.300. The van der Waals surface area contributed by atoms with Gasteiger partial charge in [0.1, 0.15) is 10.9 Å². The zero-order chi connectivity index (χ0) is 18.0. The smallest absolute Gasteiger partial charge is 0.316 e. The van der Waals surface area contributed by atoms with Gasteiger partial charge < -0.3 is 21.0 Å². The number of nitrogens with two attached hydrogens (primary N) is 2. The van der Waals surface area contributed by atoms with E-state index in [2.05, 4.69) is 4.98 Å². The number of anilines is 2. The number of carboxylic acid groups (broad SMARTS) is 1. The van der Waals surface area contributed by atoms with Gasteiger partial charge in [0.05, 0.1) is 0 Å². The highest BCUT2D eigenvalue weighted by Crippen LogP contribution is 2.37. The largest absolute Gasteiger partial charge is 0.480 e. The first-order valence-corrected chi connectivity index (χ1v) is 8.44. The van der Waals surface area contributed by atoms with Gasteiger partial charge in [-0.05, 0) is 43.3 Å². The molecular weight excluding hydrogens is 338 g/mol. The maximum absolute atomic E-state index is 11.1. The number of benzene rings is 2. The molecule has 1 atom stereocenters. The van der Waals surface area contributed by atoms with Gasteiger partial charge in [-0.1, -0.05) is 23.9 Å². The molecule has 0 aliphatic heterocycles. The molecule has 25 heavy (non-hydrogen) atoms. The van der Waals surface area contributed by atoms with E-state index >= 15 is 0 Å². The van der Waals surface area contributed by atoms with Crippen molar-refractivity contribution in [2.24, 2.45) is 0 Å². The molecule has 0 aliphatic rings. The molecule has 0 fully saturated rings. The van der Waals surface area contributed by atoms with Crippen LogP contribution in [-0.2, 0) is 4.79 Å². The minimum atomic E-state index is -0.925. The molecule has 2 aromatic carbocycles. The zero-order valence-electron chi connectivity index (χ0n) is 13.5. The summed E-state index contributed by atoms with van der Waals surface area (Å²) in [4.78, 5) is 15.6. The van der Waals surface area contributed by atoms with E-state index in [4.69, 9.17) is 21.0 Å². The monoisotopic (exact) mass is 355 g/mol. The average Bonchev–Trinajstić information content (AvgIpc) is 3.00. The van der Waals surface area contributed by atoms with Crippen LogP contribution in [0.5, 0.6) is 0 Å². The fraction of sp³-hybridized carbons (Fsp3) is 0.111. The summed E-state index contributed by atoms with van der Waals surface area (Å²) in [6.45, 7) is 1.59. The molecule has 0 radical (unpaired) electrons. The van der Waals surface area contributed by atoms with Gasteiger partial charge in [-0.15, -0.1) is 0 Å². The van der Waals surface area contributed by atoms with Crippen molar-refractivity contribution in [1.82, 2.24) is 4.98 Å². The Morgan fingerprint density at radius 2 is 1.56 bits per heavy atom. The van der Waals surface area contributed by atoms with Crippen LogP contribution in [0.25, 0.3) is 22.6 Å². The Bertz CT molecular complexity index is 826. The van der Waals surface area contributed by atoms with Crippen molar-refractivity contribution < 1.29 is 14.3 Å². The first-order valence-electron chi connectivity index (χ1n) is 7.56. The van der Waals surface area contributed by atoms with Gasteiger partial charge in [-0.25, -0.2) is 4.98 Å². The van der Waals surface area contributed by atoms with Crippen LogP contribution in [0.4, 0.5) is 11.4 Å². The predicted octanol–water partition coefficient (Wildman–Crippen LogP) is 3.74. The van der Waals surface area contributed by atoms with Crippen molar-refractivity contribution in [3.63, 3.8) is 0 Å². The fourth-order valence-corrected chi connectivity index (χ4v) is 2.90. The van der Waals surface area contributed by atoms with E-state index in [9.17, 15) is 4.79 Å². The van der Waals surface area contributed by atoms with Crippen molar-refractivity contribution in [1.29, 1.82) is 0 Å². The molecule has 0 saturated heterocycles. The zero-order valence-corrected chi connectivity index (χ0v) is 14.3. The highest BCUT2D eigenvalue weighted by Gasteiger charge is 2.21. The number of oxazole rings is 1. The van der Waals surface area contributed by atoms with Gasteiger partial charge in [-0.2, -0.15) is 0 Å². The molecule has 5 N–H and O–H groups in total. The quantitative estimate of drug-likeness (QED) is 0.471. The predicted molar refractivity (Wildman–Crippen MR) is 99.2 cm³/mol. The van der Waals surface area contributed by atoms with Gasteiger partial charge in [0.25, 0.3) is 5.22 Å². The van der Waals surface area contributed by atoms with Crippen LogP contribution < -0.4 is 11.5 Å². The highest BCUT2D eigenvalue weighted by atomic mass is 32.2. The Morgan fingerprint density at radius 3 is 2.08 bits per heavy atom. The molecule has 3 aromatic rings. The van der Waals surface area contributed by atoms with Gasteiger partial charge >= 0.3 is 5.97 Å². The van der Waals surface area contributed by atoms with Gasteiger partial charge in [0.2, 0.25) is 0 Å². The number of nitrogen functional groups attached to an aromatic ring is 2. The molecule has 1 heterocycles. The number of aliphatic carboxylic acids is 1. The molecule has 0 aliphatic carbocycles. The van der Waals surface area contributed by atoms with E-state index in [1.165, 1.54) is 0 Å². The van der Waals surface area contributed by atoms with Crippen LogP contribution in [0.15, 0.2) is 58.2 Å². The van der Waals surface area contributed by atoms with Crippen LogP contribution in [0, 0.1) is 0 Å². The molecule has 3 rings (SSSR count). The van der Waals surface area contributed by atoms with Crippen LogP contribution in [-0.4, -0.2) is 21.3 Å². The molecule has 0 amide bonds. The van der Waals surface area contributed by atoms with Crippen molar-refractivity contribution in [2.75, 3.05) is 11.5 Å². The number of thioether (sulfide) groups is 1. The molecule has 6 nitrogen and oxygen atoms in total.